The van der Waals surface area contributed by atoms with Crippen LogP contribution in [0, 0.1) is 11.8 Å². The van der Waals surface area contributed by atoms with Crippen molar-refractivity contribution in [3.63, 3.8) is 0 Å². The van der Waals surface area contributed by atoms with E-state index in [2.05, 4.69) is 37.7 Å². The van der Waals surface area contributed by atoms with Gasteiger partial charge < -0.3 is 19.8 Å². The summed E-state index contributed by atoms with van der Waals surface area (Å²) in [5.41, 5.74) is 0.222. The first-order valence-corrected chi connectivity index (χ1v) is 10.7. The molecular weight excluding hydrogens is 402 g/mol. The SMILES string of the molecule is CCCCC(CC)CN=C(C)C(=O)[O-].CCCCC(CC)CN=C(C)C(=O)[O-].[Na+].[Na+]. The molecule has 2 atom stereocenters. The number of nitrogens with zero attached hydrogens (tertiary/aromatic N) is 2. The predicted molar refractivity (Wildman–Crippen MR) is 113 cm³/mol. The second-order valence-corrected chi connectivity index (χ2v) is 7.26. The summed E-state index contributed by atoms with van der Waals surface area (Å²) in [6.07, 6.45) is 9.14. The molecule has 0 N–H and O–H groups in total. The summed E-state index contributed by atoms with van der Waals surface area (Å²) in [5.74, 6) is -1.28. The van der Waals surface area contributed by atoms with Crippen LogP contribution in [0.4, 0.5) is 0 Å². The summed E-state index contributed by atoms with van der Waals surface area (Å²) in [5, 5.41) is 20.7. The van der Waals surface area contributed by atoms with Gasteiger partial charge >= 0.3 is 59.1 Å². The summed E-state index contributed by atoms with van der Waals surface area (Å²) < 4.78 is 0. The van der Waals surface area contributed by atoms with E-state index < -0.39 is 11.9 Å². The van der Waals surface area contributed by atoms with Crippen LogP contribution in [0.5, 0.6) is 0 Å². The zero-order chi connectivity index (χ0) is 21.9. The molecule has 0 saturated heterocycles. The molecule has 0 aliphatic rings. The second-order valence-electron chi connectivity index (χ2n) is 7.26. The molecule has 164 valence electrons. The molecule has 6 nitrogen and oxygen atoms in total. The molecule has 0 heterocycles. The van der Waals surface area contributed by atoms with Gasteiger partial charge in [0.15, 0.2) is 0 Å². The van der Waals surface area contributed by atoms with Crippen LogP contribution in [0.25, 0.3) is 0 Å². The molecule has 8 heteroatoms. The van der Waals surface area contributed by atoms with E-state index in [-0.39, 0.29) is 70.5 Å². The van der Waals surface area contributed by atoms with E-state index in [0.717, 1.165) is 25.7 Å². The molecule has 0 aromatic rings. The minimum atomic E-state index is -1.16. The van der Waals surface area contributed by atoms with Crippen LogP contribution < -0.4 is 69.3 Å². The number of aliphatic imine (C=N–C) groups is 2. The molecule has 0 rings (SSSR count). The van der Waals surface area contributed by atoms with Crippen molar-refractivity contribution in [2.75, 3.05) is 13.1 Å². The average molecular weight is 443 g/mol. The molecule has 0 aliphatic carbocycles. The number of carboxylic acids is 2. The van der Waals surface area contributed by atoms with Crippen molar-refractivity contribution >= 4 is 23.4 Å². The molecule has 0 aromatic heterocycles. The van der Waals surface area contributed by atoms with Crippen LogP contribution in [-0.2, 0) is 9.59 Å². The Morgan fingerprint density at radius 1 is 0.700 bits per heavy atom. The van der Waals surface area contributed by atoms with Gasteiger partial charge in [0.2, 0.25) is 0 Å². The number of carbonyl (C=O) groups excluding carboxylic acids is 2. The van der Waals surface area contributed by atoms with Gasteiger partial charge in [-0.1, -0.05) is 66.2 Å². The molecule has 2 unspecified atom stereocenters. The van der Waals surface area contributed by atoms with Gasteiger partial charge in [-0.2, -0.15) is 0 Å². The van der Waals surface area contributed by atoms with Crippen molar-refractivity contribution in [1.82, 2.24) is 0 Å². The third-order valence-electron chi connectivity index (χ3n) is 4.85. The Morgan fingerprint density at radius 2 is 1.00 bits per heavy atom. The van der Waals surface area contributed by atoms with Gasteiger partial charge in [0.25, 0.3) is 0 Å². The van der Waals surface area contributed by atoms with Gasteiger partial charge in [-0.3, -0.25) is 9.98 Å². The Morgan fingerprint density at radius 3 is 1.20 bits per heavy atom. The van der Waals surface area contributed by atoms with Crippen molar-refractivity contribution in [2.24, 2.45) is 21.8 Å². The molecule has 0 aromatic carbocycles. The number of hydrogen-bond acceptors (Lipinski definition) is 6. The first-order chi connectivity index (χ1) is 13.2. The average Bonchev–Trinajstić information content (AvgIpc) is 2.68. The van der Waals surface area contributed by atoms with E-state index in [4.69, 9.17) is 0 Å². The molecule has 0 saturated carbocycles. The maximum absolute atomic E-state index is 10.4. The molecular formula is C22H40N2Na2O4. The third-order valence-corrected chi connectivity index (χ3v) is 4.85. The van der Waals surface area contributed by atoms with Crippen molar-refractivity contribution in [2.45, 2.75) is 92.9 Å². The Balaban J connectivity index is -0.000000211. The topological polar surface area (TPSA) is 105 Å². The van der Waals surface area contributed by atoms with Crippen molar-refractivity contribution < 1.29 is 78.9 Å². The zero-order valence-electron chi connectivity index (χ0n) is 20.8. The maximum Gasteiger partial charge on any atom is 1.00 e. The first kappa shape index (κ1) is 37.6. The fraction of sp³-hybridized carbons (Fsp3) is 0.818. The summed E-state index contributed by atoms with van der Waals surface area (Å²) in [6.45, 7) is 12.8. The molecule has 0 fully saturated rings. The molecule has 0 radical (unpaired) electrons. The Labute approximate surface area is 228 Å². The van der Waals surface area contributed by atoms with E-state index in [0.29, 0.717) is 24.9 Å². The van der Waals surface area contributed by atoms with E-state index in [1.165, 1.54) is 39.5 Å². The standard InChI is InChI=1S/2C11H21NO2.2Na/c2*1-4-6-7-10(5-2)8-12-9(3)11(13)14;;/h2*10H,4-8H2,1-3H3,(H,13,14);;/q;;2*+1/p-2. The monoisotopic (exact) mass is 442 g/mol. The van der Waals surface area contributed by atoms with Crippen LogP contribution in [-0.4, -0.2) is 36.5 Å². The number of aliphatic carboxylic acids is 2. The van der Waals surface area contributed by atoms with Crippen LogP contribution in [0.15, 0.2) is 9.98 Å². The minimum Gasteiger partial charge on any atom is -0.544 e. The Bertz CT molecular complexity index is 454. The van der Waals surface area contributed by atoms with Crippen LogP contribution in [0.2, 0.25) is 0 Å². The van der Waals surface area contributed by atoms with Gasteiger partial charge in [0.05, 0.1) is 23.4 Å². The molecule has 0 spiro atoms. The predicted octanol–water partition coefficient (Wildman–Crippen LogP) is -3.16. The number of carboxylic acid groups (broad SMARTS) is 2. The third kappa shape index (κ3) is 23.0. The van der Waals surface area contributed by atoms with E-state index in [9.17, 15) is 19.8 Å². The number of unbranched alkanes of at least 4 members (excludes halogenated alkanes) is 2. The van der Waals surface area contributed by atoms with Crippen molar-refractivity contribution in [3.05, 3.63) is 0 Å². The maximum atomic E-state index is 10.4. The quantitative estimate of drug-likeness (QED) is 0.209. The molecule has 30 heavy (non-hydrogen) atoms. The van der Waals surface area contributed by atoms with Crippen molar-refractivity contribution in [1.29, 1.82) is 0 Å². The zero-order valence-corrected chi connectivity index (χ0v) is 24.8. The Kier molecular flexibility index (Phi) is 32.0. The first-order valence-electron chi connectivity index (χ1n) is 10.7. The number of rotatable bonds is 14. The van der Waals surface area contributed by atoms with Gasteiger partial charge in [-0.05, 0) is 38.5 Å². The second kappa shape index (κ2) is 25.5. The van der Waals surface area contributed by atoms with Gasteiger partial charge in [-0.15, -0.1) is 0 Å². The van der Waals surface area contributed by atoms with Crippen LogP contribution >= 0.6 is 0 Å². The summed E-state index contributed by atoms with van der Waals surface area (Å²) >= 11 is 0. The van der Waals surface area contributed by atoms with E-state index in [1.807, 2.05) is 0 Å². The summed E-state index contributed by atoms with van der Waals surface area (Å²) in [7, 11) is 0. The van der Waals surface area contributed by atoms with Crippen molar-refractivity contribution in [3.8, 4) is 0 Å². The molecule has 0 bridgehead atoms. The summed E-state index contributed by atoms with van der Waals surface area (Å²) in [6, 6.07) is 0. The largest absolute Gasteiger partial charge is 1.00 e. The van der Waals surface area contributed by atoms with Gasteiger partial charge in [-0.25, -0.2) is 0 Å². The smallest absolute Gasteiger partial charge is 0.544 e. The molecule has 0 amide bonds. The van der Waals surface area contributed by atoms with E-state index >= 15 is 0 Å². The summed E-state index contributed by atoms with van der Waals surface area (Å²) in [4.78, 5) is 28.7. The number of hydrogen-bond donors (Lipinski definition) is 0. The minimum absolute atomic E-state index is 0. The number of carbonyl (C=O) groups is 2. The Hall–Kier alpha value is 0.280. The van der Waals surface area contributed by atoms with Gasteiger partial charge in [0.1, 0.15) is 0 Å². The molecule has 0 aliphatic heterocycles. The van der Waals surface area contributed by atoms with Crippen LogP contribution in [0.3, 0.4) is 0 Å². The fourth-order valence-corrected chi connectivity index (χ4v) is 2.50. The van der Waals surface area contributed by atoms with Crippen LogP contribution in [0.1, 0.15) is 92.9 Å². The van der Waals surface area contributed by atoms with Gasteiger partial charge in [0, 0.05) is 13.1 Å². The fourth-order valence-electron chi connectivity index (χ4n) is 2.50. The normalized spacial score (nSPS) is 13.1. The van der Waals surface area contributed by atoms with E-state index in [1.54, 1.807) is 0 Å².